The number of nitrogens with one attached hydrogen (secondary N) is 1. The molecule has 0 saturated heterocycles. The Bertz CT molecular complexity index is 582. The van der Waals surface area contributed by atoms with Gasteiger partial charge >= 0.3 is 0 Å². The van der Waals surface area contributed by atoms with E-state index < -0.39 is 0 Å². The average molecular weight is 263 g/mol. The molecule has 0 aliphatic heterocycles. The maximum absolute atomic E-state index is 5.22. The minimum absolute atomic E-state index is 0.592. The summed E-state index contributed by atoms with van der Waals surface area (Å²) in [5, 5.41) is 4.17. The van der Waals surface area contributed by atoms with E-state index in [0.717, 1.165) is 30.3 Å². The number of aromatic nitrogens is 4. The van der Waals surface area contributed by atoms with Crippen LogP contribution < -0.4 is 4.90 Å². The lowest BCUT2D eigenvalue weighted by molar-refractivity contribution is 0.768. The number of aryl methyl sites for hydroxylation is 1. The molecule has 18 heavy (non-hydrogen) atoms. The van der Waals surface area contributed by atoms with E-state index in [9.17, 15) is 0 Å². The quantitative estimate of drug-likeness (QED) is 0.861. The van der Waals surface area contributed by atoms with Gasteiger partial charge in [-0.1, -0.05) is 12.2 Å². The van der Waals surface area contributed by atoms with Gasteiger partial charge in [-0.2, -0.15) is 5.10 Å². The van der Waals surface area contributed by atoms with Crippen LogP contribution >= 0.6 is 12.2 Å². The smallest absolute Gasteiger partial charge is 0.204 e. The van der Waals surface area contributed by atoms with Crippen LogP contribution in [0.3, 0.4) is 0 Å². The van der Waals surface area contributed by atoms with Gasteiger partial charge in [-0.05, 0) is 19.9 Å². The van der Waals surface area contributed by atoms with Crippen molar-refractivity contribution < 1.29 is 0 Å². The third-order valence-corrected chi connectivity index (χ3v) is 3.02. The number of H-pyrrole nitrogens is 1. The maximum Gasteiger partial charge on any atom is 0.204 e. The molecule has 0 unspecified atom stereocenters. The number of rotatable bonds is 4. The molecule has 0 fully saturated rings. The molecule has 0 aliphatic rings. The van der Waals surface area contributed by atoms with Gasteiger partial charge in [0.1, 0.15) is 4.64 Å². The fourth-order valence-corrected chi connectivity index (χ4v) is 2.04. The van der Waals surface area contributed by atoms with Crippen molar-refractivity contribution in [3.63, 3.8) is 0 Å². The van der Waals surface area contributed by atoms with Gasteiger partial charge < -0.3 is 9.88 Å². The molecule has 0 spiro atoms. The first-order chi connectivity index (χ1) is 8.63. The fourth-order valence-electron chi connectivity index (χ4n) is 1.83. The highest BCUT2D eigenvalue weighted by molar-refractivity contribution is 7.71. The summed E-state index contributed by atoms with van der Waals surface area (Å²) >= 11 is 5.22. The van der Waals surface area contributed by atoms with E-state index in [1.54, 1.807) is 4.68 Å². The van der Waals surface area contributed by atoms with Crippen LogP contribution in [0.4, 0.5) is 5.95 Å². The van der Waals surface area contributed by atoms with Crippen LogP contribution in [-0.2, 0) is 7.05 Å². The van der Waals surface area contributed by atoms with Crippen LogP contribution in [0.2, 0.25) is 0 Å². The molecule has 0 amide bonds. The Morgan fingerprint density at radius 1 is 1.39 bits per heavy atom. The topological polar surface area (TPSA) is 49.7 Å². The number of anilines is 1. The molecule has 5 nitrogen and oxygen atoms in total. The van der Waals surface area contributed by atoms with Gasteiger partial charge in [0.25, 0.3) is 0 Å². The van der Waals surface area contributed by atoms with E-state index in [0.29, 0.717) is 4.64 Å². The van der Waals surface area contributed by atoms with E-state index in [-0.39, 0.29) is 0 Å². The zero-order chi connectivity index (χ0) is 13.1. The second-order valence-electron chi connectivity index (χ2n) is 4.03. The van der Waals surface area contributed by atoms with Crippen LogP contribution in [0.5, 0.6) is 0 Å². The van der Waals surface area contributed by atoms with Crippen LogP contribution in [0.25, 0.3) is 11.3 Å². The van der Waals surface area contributed by atoms with Crippen molar-refractivity contribution in [2.24, 2.45) is 7.05 Å². The van der Waals surface area contributed by atoms with Crippen molar-refractivity contribution in [1.82, 2.24) is 19.7 Å². The van der Waals surface area contributed by atoms with Gasteiger partial charge in [0.2, 0.25) is 5.95 Å². The van der Waals surface area contributed by atoms with E-state index in [1.807, 2.05) is 25.5 Å². The molecular weight excluding hydrogens is 246 g/mol. The monoisotopic (exact) mass is 263 g/mol. The van der Waals surface area contributed by atoms with Gasteiger partial charge in [0.05, 0.1) is 11.9 Å². The molecule has 0 aliphatic carbocycles. The second kappa shape index (κ2) is 5.30. The van der Waals surface area contributed by atoms with Gasteiger partial charge in [-0.25, -0.2) is 4.98 Å². The minimum atomic E-state index is 0.592. The van der Waals surface area contributed by atoms with Crippen molar-refractivity contribution >= 4 is 18.2 Å². The number of hydrogen-bond acceptors (Lipinski definition) is 4. The van der Waals surface area contributed by atoms with Crippen LogP contribution in [0.15, 0.2) is 18.5 Å². The van der Waals surface area contributed by atoms with E-state index in [2.05, 4.69) is 33.8 Å². The predicted octanol–water partition coefficient (Wildman–Crippen LogP) is 2.39. The van der Waals surface area contributed by atoms with Crippen molar-refractivity contribution in [3.8, 4) is 11.3 Å². The van der Waals surface area contributed by atoms with Crippen molar-refractivity contribution in [1.29, 1.82) is 0 Å². The summed E-state index contributed by atoms with van der Waals surface area (Å²) < 4.78 is 2.36. The van der Waals surface area contributed by atoms with E-state index in [1.165, 1.54) is 0 Å². The molecule has 0 bridgehead atoms. The molecule has 0 atom stereocenters. The lowest BCUT2D eigenvalue weighted by atomic mass is 10.2. The Labute approximate surface area is 111 Å². The first-order valence-electron chi connectivity index (χ1n) is 5.99. The molecule has 2 aromatic rings. The SMILES string of the molecule is CCN(CC)c1nc(=S)cc(-c2cnn(C)c2)[nH]1. The fraction of sp³-hybridized carbons (Fsp3) is 0.417. The van der Waals surface area contributed by atoms with E-state index >= 15 is 0 Å². The first-order valence-corrected chi connectivity index (χ1v) is 6.40. The molecule has 0 saturated carbocycles. The summed E-state index contributed by atoms with van der Waals surface area (Å²) in [6, 6.07) is 1.86. The summed E-state index contributed by atoms with van der Waals surface area (Å²) in [6.07, 6.45) is 3.76. The Balaban J connectivity index is 2.47. The largest absolute Gasteiger partial charge is 0.343 e. The van der Waals surface area contributed by atoms with Gasteiger partial charge in [-0.3, -0.25) is 4.68 Å². The Morgan fingerprint density at radius 3 is 2.67 bits per heavy atom. The predicted molar refractivity (Wildman–Crippen MR) is 75.2 cm³/mol. The molecule has 2 rings (SSSR count). The van der Waals surface area contributed by atoms with Gasteiger partial charge in [0, 0.05) is 31.9 Å². The Kier molecular flexibility index (Phi) is 3.76. The Hall–Kier alpha value is -1.69. The summed E-state index contributed by atoms with van der Waals surface area (Å²) in [5.74, 6) is 0.811. The summed E-state index contributed by atoms with van der Waals surface area (Å²) in [6.45, 7) is 5.98. The standard InChI is InChI=1S/C12H17N5S/c1-4-17(5-2)12-14-10(6-11(18)15-12)9-7-13-16(3)8-9/h6-8H,4-5H2,1-3H3,(H,14,15,18). The lowest BCUT2D eigenvalue weighted by Crippen LogP contribution is -2.24. The molecule has 0 radical (unpaired) electrons. The zero-order valence-corrected chi connectivity index (χ0v) is 11.7. The molecular formula is C12H17N5S. The number of nitrogens with zero attached hydrogens (tertiary/aromatic N) is 4. The molecule has 96 valence electrons. The molecule has 0 aromatic carbocycles. The van der Waals surface area contributed by atoms with Crippen molar-refractivity contribution in [3.05, 3.63) is 23.1 Å². The number of aromatic amines is 1. The maximum atomic E-state index is 5.22. The summed E-state index contributed by atoms with van der Waals surface area (Å²) in [5.41, 5.74) is 1.96. The normalized spacial score (nSPS) is 10.6. The lowest BCUT2D eigenvalue weighted by Gasteiger charge is -2.19. The summed E-state index contributed by atoms with van der Waals surface area (Å²) in [4.78, 5) is 9.81. The van der Waals surface area contributed by atoms with Crippen molar-refractivity contribution in [2.75, 3.05) is 18.0 Å². The zero-order valence-electron chi connectivity index (χ0n) is 10.8. The number of hydrogen-bond donors (Lipinski definition) is 1. The third-order valence-electron chi connectivity index (χ3n) is 2.81. The molecule has 6 heteroatoms. The van der Waals surface area contributed by atoms with Gasteiger partial charge in [-0.15, -0.1) is 0 Å². The minimum Gasteiger partial charge on any atom is -0.343 e. The van der Waals surface area contributed by atoms with Gasteiger partial charge in [0.15, 0.2) is 0 Å². The third kappa shape index (κ3) is 2.59. The first kappa shape index (κ1) is 12.8. The van der Waals surface area contributed by atoms with Crippen LogP contribution in [0, 0.1) is 4.64 Å². The summed E-state index contributed by atoms with van der Waals surface area (Å²) in [7, 11) is 1.89. The highest BCUT2D eigenvalue weighted by Gasteiger charge is 2.07. The van der Waals surface area contributed by atoms with E-state index in [4.69, 9.17) is 12.2 Å². The Morgan fingerprint density at radius 2 is 2.11 bits per heavy atom. The van der Waals surface area contributed by atoms with Crippen molar-refractivity contribution in [2.45, 2.75) is 13.8 Å². The molecule has 1 N–H and O–H groups in total. The average Bonchev–Trinajstić information content (AvgIpc) is 2.77. The molecule has 2 aromatic heterocycles. The van der Waals surface area contributed by atoms with Crippen LogP contribution in [-0.4, -0.2) is 32.8 Å². The molecule has 2 heterocycles. The highest BCUT2D eigenvalue weighted by Crippen LogP contribution is 2.18. The second-order valence-corrected chi connectivity index (χ2v) is 4.45. The van der Waals surface area contributed by atoms with Crippen LogP contribution in [0.1, 0.15) is 13.8 Å². The highest BCUT2D eigenvalue weighted by atomic mass is 32.1.